The highest BCUT2D eigenvalue weighted by Crippen LogP contribution is 2.32. The maximum absolute atomic E-state index is 14.0. The lowest BCUT2D eigenvalue weighted by atomic mass is 10.0. The van der Waals surface area contributed by atoms with Gasteiger partial charge in [0.1, 0.15) is 10.8 Å². The highest BCUT2D eigenvalue weighted by molar-refractivity contribution is 7.80. The van der Waals surface area contributed by atoms with E-state index in [1.807, 2.05) is 43.1 Å². The first kappa shape index (κ1) is 15.7. The van der Waals surface area contributed by atoms with Gasteiger partial charge in [-0.1, -0.05) is 48.1 Å². The molecule has 0 aliphatic rings. The molecule has 0 heterocycles. The van der Waals surface area contributed by atoms with Crippen molar-refractivity contribution >= 4 is 34.5 Å². The third kappa shape index (κ3) is 3.17. The Balaban J connectivity index is 2.46. The highest BCUT2D eigenvalue weighted by Gasteiger charge is 2.20. The minimum absolute atomic E-state index is 0.0429. The summed E-state index contributed by atoms with van der Waals surface area (Å²) in [5.74, 6) is -0.418. The third-order valence-electron chi connectivity index (χ3n) is 3.55. The summed E-state index contributed by atoms with van der Waals surface area (Å²) in [7, 11) is 1.87. The van der Waals surface area contributed by atoms with Crippen molar-refractivity contribution in [2.45, 2.75) is 13.0 Å². The molecule has 0 radical (unpaired) electrons. The molecule has 0 aliphatic carbocycles. The zero-order chi connectivity index (χ0) is 15.6. The smallest absolute Gasteiger partial charge is 0.135 e. The quantitative estimate of drug-likeness (QED) is 0.850. The number of nitrogens with zero attached hydrogens (tertiary/aromatic N) is 1. The number of halogens is 2. The van der Waals surface area contributed by atoms with Gasteiger partial charge in [-0.25, -0.2) is 4.39 Å². The summed E-state index contributed by atoms with van der Waals surface area (Å²) in [6.07, 6.45) is 0. The second kappa shape index (κ2) is 6.41. The Bertz CT molecular complexity index is 675. The van der Waals surface area contributed by atoms with Gasteiger partial charge < -0.3 is 10.6 Å². The predicted octanol–water partition coefficient (Wildman–Crippen LogP) is 4.31. The van der Waals surface area contributed by atoms with Crippen LogP contribution in [-0.2, 0) is 0 Å². The number of thiocarbonyl (C=S) groups is 1. The van der Waals surface area contributed by atoms with E-state index in [4.69, 9.17) is 29.6 Å². The fraction of sp³-hybridized carbons (Fsp3) is 0.188. The Morgan fingerprint density at radius 1 is 1.24 bits per heavy atom. The van der Waals surface area contributed by atoms with Gasteiger partial charge >= 0.3 is 0 Å². The molecule has 0 amide bonds. The van der Waals surface area contributed by atoms with Gasteiger partial charge in [0.25, 0.3) is 0 Å². The first-order chi connectivity index (χ1) is 9.93. The lowest BCUT2D eigenvalue weighted by Gasteiger charge is -2.29. The Hall–Kier alpha value is -1.65. The topological polar surface area (TPSA) is 29.3 Å². The molecule has 0 spiro atoms. The van der Waals surface area contributed by atoms with Crippen LogP contribution in [0.3, 0.4) is 0 Å². The minimum Gasteiger partial charge on any atom is -0.389 e. The number of hydrogen-bond donors (Lipinski definition) is 1. The van der Waals surface area contributed by atoms with Gasteiger partial charge in [0.2, 0.25) is 0 Å². The summed E-state index contributed by atoms with van der Waals surface area (Å²) in [5.41, 5.74) is 7.53. The largest absolute Gasteiger partial charge is 0.389 e. The fourth-order valence-electron chi connectivity index (χ4n) is 2.28. The van der Waals surface area contributed by atoms with E-state index in [-0.39, 0.29) is 16.6 Å². The monoisotopic (exact) mass is 322 g/mol. The number of benzene rings is 2. The first-order valence-electron chi connectivity index (χ1n) is 6.49. The molecular formula is C16H16ClFN2S. The van der Waals surface area contributed by atoms with Crippen molar-refractivity contribution in [3.63, 3.8) is 0 Å². The highest BCUT2D eigenvalue weighted by atomic mass is 35.5. The van der Waals surface area contributed by atoms with E-state index >= 15 is 0 Å². The molecule has 21 heavy (non-hydrogen) atoms. The SMILES string of the molecule is CC(c1ccccc1Cl)N(C)c1cccc(F)c1C(N)=S. The molecule has 2 aromatic carbocycles. The van der Waals surface area contributed by atoms with E-state index in [0.717, 1.165) is 5.56 Å². The van der Waals surface area contributed by atoms with Crippen LogP contribution in [0.25, 0.3) is 0 Å². The standard InChI is InChI=1S/C16H16ClFN2S/c1-10(11-6-3-4-7-12(11)17)20(2)14-9-5-8-13(18)15(14)16(19)21/h3-10H,1-2H3,(H2,19,21). The molecule has 0 bridgehead atoms. The Kier molecular flexibility index (Phi) is 4.80. The van der Waals surface area contributed by atoms with Gasteiger partial charge in [-0.05, 0) is 30.7 Å². The van der Waals surface area contributed by atoms with E-state index in [0.29, 0.717) is 10.7 Å². The van der Waals surface area contributed by atoms with E-state index < -0.39 is 5.82 Å². The molecule has 0 saturated carbocycles. The summed E-state index contributed by atoms with van der Waals surface area (Å²) in [6, 6.07) is 12.3. The molecule has 0 aromatic heterocycles. The van der Waals surface area contributed by atoms with Gasteiger partial charge in [0.05, 0.1) is 17.3 Å². The number of anilines is 1. The Morgan fingerprint density at radius 2 is 1.90 bits per heavy atom. The normalized spacial score (nSPS) is 12.0. The average molecular weight is 323 g/mol. The van der Waals surface area contributed by atoms with Crippen molar-refractivity contribution in [3.8, 4) is 0 Å². The van der Waals surface area contributed by atoms with Gasteiger partial charge in [0, 0.05) is 12.1 Å². The second-order valence-corrected chi connectivity index (χ2v) is 5.65. The number of nitrogens with two attached hydrogens (primary N) is 1. The predicted molar refractivity (Wildman–Crippen MR) is 90.6 cm³/mol. The maximum Gasteiger partial charge on any atom is 0.135 e. The second-order valence-electron chi connectivity index (χ2n) is 4.81. The molecule has 1 atom stereocenters. The first-order valence-corrected chi connectivity index (χ1v) is 7.27. The van der Waals surface area contributed by atoms with Crippen molar-refractivity contribution in [1.82, 2.24) is 0 Å². The zero-order valence-electron chi connectivity index (χ0n) is 11.8. The number of hydrogen-bond acceptors (Lipinski definition) is 2. The average Bonchev–Trinajstić information content (AvgIpc) is 2.45. The van der Waals surface area contributed by atoms with Crippen LogP contribution in [0.4, 0.5) is 10.1 Å². The van der Waals surface area contributed by atoms with E-state index in [9.17, 15) is 4.39 Å². The summed E-state index contributed by atoms with van der Waals surface area (Å²) in [5, 5.41) is 0.671. The zero-order valence-corrected chi connectivity index (χ0v) is 13.4. The van der Waals surface area contributed by atoms with Gasteiger partial charge in [0.15, 0.2) is 0 Å². The van der Waals surface area contributed by atoms with Crippen molar-refractivity contribution in [2.24, 2.45) is 5.73 Å². The molecular weight excluding hydrogens is 307 g/mol. The molecule has 0 saturated heterocycles. The molecule has 2 N–H and O–H groups in total. The summed E-state index contributed by atoms with van der Waals surface area (Å²) in [6.45, 7) is 2.00. The molecule has 2 rings (SSSR count). The van der Waals surface area contributed by atoms with Crippen LogP contribution in [0.1, 0.15) is 24.1 Å². The van der Waals surface area contributed by atoms with Crippen LogP contribution in [0, 0.1) is 5.82 Å². The third-order valence-corrected chi connectivity index (χ3v) is 4.10. The van der Waals surface area contributed by atoms with E-state index in [2.05, 4.69) is 0 Å². The van der Waals surface area contributed by atoms with Gasteiger partial charge in [-0.2, -0.15) is 0 Å². The van der Waals surface area contributed by atoms with Crippen molar-refractivity contribution < 1.29 is 4.39 Å². The van der Waals surface area contributed by atoms with Crippen molar-refractivity contribution in [1.29, 1.82) is 0 Å². The fourth-order valence-corrected chi connectivity index (χ4v) is 2.78. The Labute approximate surface area is 134 Å². The van der Waals surface area contributed by atoms with Crippen LogP contribution in [0.5, 0.6) is 0 Å². The summed E-state index contributed by atoms with van der Waals surface area (Å²) in [4.78, 5) is 1.96. The molecule has 2 aromatic rings. The van der Waals surface area contributed by atoms with Crippen LogP contribution in [-0.4, -0.2) is 12.0 Å². The Morgan fingerprint density at radius 3 is 2.52 bits per heavy atom. The molecule has 110 valence electrons. The van der Waals surface area contributed by atoms with Gasteiger partial charge in [-0.3, -0.25) is 0 Å². The minimum atomic E-state index is -0.418. The molecule has 5 heteroatoms. The summed E-state index contributed by atoms with van der Waals surface area (Å²) >= 11 is 11.2. The molecule has 0 aliphatic heterocycles. The number of rotatable bonds is 4. The van der Waals surface area contributed by atoms with Crippen LogP contribution < -0.4 is 10.6 Å². The lowest BCUT2D eigenvalue weighted by molar-refractivity contribution is 0.623. The summed E-state index contributed by atoms with van der Waals surface area (Å²) < 4.78 is 14.0. The van der Waals surface area contributed by atoms with Crippen LogP contribution >= 0.6 is 23.8 Å². The maximum atomic E-state index is 14.0. The van der Waals surface area contributed by atoms with E-state index in [1.165, 1.54) is 6.07 Å². The van der Waals surface area contributed by atoms with E-state index in [1.54, 1.807) is 12.1 Å². The van der Waals surface area contributed by atoms with Crippen LogP contribution in [0.2, 0.25) is 5.02 Å². The lowest BCUT2D eigenvalue weighted by Crippen LogP contribution is -2.26. The molecule has 0 fully saturated rings. The molecule has 1 unspecified atom stereocenters. The van der Waals surface area contributed by atoms with Crippen molar-refractivity contribution in [2.75, 3.05) is 11.9 Å². The van der Waals surface area contributed by atoms with Crippen molar-refractivity contribution in [3.05, 3.63) is 64.4 Å². The molecule has 2 nitrogen and oxygen atoms in total. The van der Waals surface area contributed by atoms with Crippen LogP contribution in [0.15, 0.2) is 42.5 Å². The van der Waals surface area contributed by atoms with Gasteiger partial charge in [-0.15, -0.1) is 0 Å².